The molecule has 3 aromatic rings. The molecule has 1 aromatic heterocycles. The highest BCUT2D eigenvalue weighted by Crippen LogP contribution is 2.35. The first-order valence-electron chi connectivity index (χ1n) is 8.61. The summed E-state index contributed by atoms with van der Waals surface area (Å²) < 4.78 is 22.3. The van der Waals surface area contributed by atoms with Crippen LogP contribution in [-0.4, -0.2) is 36.9 Å². The summed E-state index contributed by atoms with van der Waals surface area (Å²) in [4.78, 5) is 8.00. The van der Waals surface area contributed by atoms with E-state index in [1.807, 2.05) is 51.1 Å². The van der Waals surface area contributed by atoms with Crippen molar-refractivity contribution in [2.24, 2.45) is 0 Å². The van der Waals surface area contributed by atoms with E-state index in [1.54, 1.807) is 14.2 Å². The van der Waals surface area contributed by atoms with E-state index < -0.39 is 0 Å². The molecule has 0 bridgehead atoms. The number of methoxy groups -OCH3 is 2. The van der Waals surface area contributed by atoms with E-state index in [-0.39, 0.29) is 6.10 Å². The van der Waals surface area contributed by atoms with Gasteiger partial charge in [0, 0.05) is 17.7 Å². The van der Waals surface area contributed by atoms with Gasteiger partial charge in [0.2, 0.25) is 0 Å². The molecule has 3 rings (SSSR count). The Kier molecular flexibility index (Phi) is 5.21. The molecule has 26 heavy (non-hydrogen) atoms. The monoisotopic (exact) mass is 356 g/mol. The summed E-state index contributed by atoms with van der Waals surface area (Å²) in [5, 5.41) is 0. The Morgan fingerprint density at radius 2 is 1.69 bits per heavy atom. The van der Waals surface area contributed by atoms with Crippen LogP contribution in [0.15, 0.2) is 30.3 Å². The van der Waals surface area contributed by atoms with Crippen LogP contribution in [0.4, 0.5) is 0 Å². The van der Waals surface area contributed by atoms with E-state index >= 15 is 0 Å². The van der Waals surface area contributed by atoms with Crippen molar-refractivity contribution in [2.75, 3.05) is 20.8 Å². The molecule has 1 heterocycles. The molecule has 6 nitrogen and oxygen atoms in total. The molecule has 1 N–H and O–H groups in total. The number of fused-ring (bicyclic) bond motifs is 1. The molecule has 0 saturated heterocycles. The van der Waals surface area contributed by atoms with E-state index in [4.69, 9.17) is 18.9 Å². The second-order valence-electron chi connectivity index (χ2n) is 6.07. The zero-order valence-electron chi connectivity index (χ0n) is 15.8. The van der Waals surface area contributed by atoms with Crippen LogP contribution in [0.3, 0.4) is 0 Å². The van der Waals surface area contributed by atoms with E-state index in [9.17, 15) is 0 Å². The highest BCUT2D eigenvalue weighted by molar-refractivity contribution is 5.83. The summed E-state index contributed by atoms with van der Waals surface area (Å²) in [6.07, 6.45) is 0.0752. The summed E-state index contributed by atoms with van der Waals surface area (Å²) in [5.74, 6) is 3.48. The predicted molar refractivity (Wildman–Crippen MR) is 102 cm³/mol. The smallest absolute Gasteiger partial charge is 0.163 e. The van der Waals surface area contributed by atoms with Crippen molar-refractivity contribution in [3.05, 3.63) is 30.3 Å². The summed E-state index contributed by atoms with van der Waals surface area (Å²) in [6, 6.07) is 9.55. The zero-order valence-corrected chi connectivity index (χ0v) is 15.8. The molecule has 0 aliphatic heterocycles. The van der Waals surface area contributed by atoms with Gasteiger partial charge < -0.3 is 23.9 Å². The Morgan fingerprint density at radius 3 is 2.35 bits per heavy atom. The summed E-state index contributed by atoms with van der Waals surface area (Å²) in [5.41, 5.74) is 2.59. The molecule has 0 aliphatic rings. The number of aromatic nitrogens is 2. The molecule has 2 aromatic carbocycles. The van der Waals surface area contributed by atoms with Gasteiger partial charge >= 0.3 is 0 Å². The molecule has 0 saturated carbocycles. The molecule has 0 radical (unpaired) electrons. The van der Waals surface area contributed by atoms with Crippen molar-refractivity contribution in [3.8, 4) is 34.4 Å². The van der Waals surface area contributed by atoms with Gasteiger partial charge in [-0.2, -0.15) is 0 Å². The van der Waals surface area contributed by atoms with Crippen molar-refractivity contribution in [1.82, 2.24) is 9.97 Å². The van der Waals surface area contributed by atoms with Gasteiger partial charge in [0.15, 0.2) is 23.0 Å². The second kappa shape index (κ2) is 7.56. The van der Waals surface area contributed by atoms with E-state index in [0.29, 0.717) is 23.9 Å². The fourth-order valence-electron chi connectivity index (χ4n) is 2.75. The first-order valence-corrected chi connectivity index (χ1v) is 8.61. The van der Waals surface area contributed by atoms with Crippen molar-refractivity contribution >= 4 is 11.0 Å². The van der Waals surface area contributed by atoms with E-state index in [2.05, 4.69) is 9.97 Å². The lowest BCUT2D eigenvalue weighted by Crippen LogP contribution is -2.07. The van der Waals surface area contributed by atoms with Crippen molar-refractivity contribution < 1.29 is 18.9 Å². The Bertz CT molecular complexity index is 861. The number of rotatable bonds is 7. The topological polar surface area (TPSA) is 65.6 Å². The van der Waals surface area contributed by atoms with Gasteiger partial charge in [-0.3, -0.25) is 0 Å². The van der Waals surface area contributed by atoms with Crippen LogP contribution in [0.1, 0.15) is 20.8 Å². The number of H-pyrrole nitrogens is 1. The molecule has 6 heteroatoms. The Morgan fingerprint density at radius 1 is 0.962 bits per heavy atom. The van der Waals surface area contributed by atoms with Crippen LogP contribution in [0.2, 0.25) is 0 Å². The van der Waals surface area contributed by atoms with Crippen molar-refractivity contribution in [3.63, 3.8) is 0 Å². The molecule has 0 spiro atoms. The average molecular weight is 356 g/mol. The summed E-state index contributed by atoms with van der Waals surface area (Å²) in [7, 11) is 3.22. The van der Waals surface area contributed by atoms with Gasteiger partial charge in [0.25, 0.3) is 0 Å². The number of hydrogen-bond donors (Lipinski definition) is 1. The van der Waals surface area contributed by atoms with Gasteiger partial charge in [-0.1, -0.05) is 0 Å². The number of nitrogens with zero attached hydrogens (tertiary/aromatic N) is 1. The lowest BCUT2D eigenvalue weighted by Gasteiger charge is -2.15. The summed E-state index contributed by atoms with van der Waals surface area (Å²) >= 11 is 0. The van der Waals surface area contributed by atoms with Crippen LogP contribution in [0.5, 0.6) is 23.0 Å². The highest BCUT2D eigenvalue weighted by atomic mass is 16.5. The molecule has 0 fully saturated rings. The standard InChI is InChI=1S/C20H24N2O4/c1-6-25-19-9-13(7-8-16(19)26-12(2)3)20-21-14-10-17(23-4)18(24-5)11-15(14)22-20/h7-12H,6H2,1-5H3,(H,21,22). The molecule has 138 valence electrons. The predicted octanol–water partition coefficient (Wildman–Crippen LogP) is 4.43. The number of ether oxygens (including phenoxy) is 4. The van der Waals surface area contributed by atoms with Gasteiger partial charge in [-0.05, 0) is 39.0 Å². The van der Waals surface area contributed by atoms with E-state index in [0.717, 1.165) is 28.2 Å². The van der Waals surface area contributed by atoms with Crippen LogP contribution >= 0.6 is 0 Å². The minimum absolute atomic E-state index is 0.0752. The first-order chi connectivity index (χ1) is 12.5. The van der Waals surface area contributed by atoms with Crippen LogP contribution in [-0.2, 0) is 0 Å². The lowest BCUT2D eigenvalue weighted by atomic mass is 10.2. The molecular weight excluding hydrogens is 332 g/mol. The second-order valence-corrected chi connectivity index (χ2v) is 6.07. The minimum atomic E-state index is 0.0752. The summed E-state index contributed by atoms with van der Waals surface area (Å²) in [6.45, 7) is 6.49. The molecule has 0 atom stereocenters. The maximum Gasteiger partial charge on any atom is 0.163 e. The number of imidazole rings is 1. The third-order valence-electron chi connectivity index (χ3n) is 3.87. The zero-order chi connectivity index (χ0) is 18.7. The largest absolute Gasteiger partial charge is 0.493 e. The van der Waals surface area contributed by atoms with Gasteiger partial charge in [-0.15, -0.1) is 0 Å². The van der Waals surface area contributed by atoms with Gasteiger partial charge in [-0.25, -0.2) is 4.98 Å². The molecule has 0 aliphatic carbocycles. The Hall–Kier alpha value is -2.89. The Labute approximate surface area is 153 Å². The van der Waals surface area contributed by atoms with Crippen molar-refractivity contribution in [2.45, 2.75) is 26.9 Å². The first kappa shape index (κ1) is 17.9. The quantitative estimate of drug-likeness (QED) is 0.678. The van der Waals surface area contributed by atoms with Gasteiger partial charge in [0.1, 0.15) is 5.82 Å². The van der Waals surface area contributed by atoms with Crippen LogP contribution < -0.4 is 18.9 Å². The lowest BCUT2D eigenvalue weighted by molar-refractivity contribution is 0.224. The normalized spacial score (nSPS) is 11.0. The van der Waals surface area contributed by atoms with Crippen LogP contribution in [0.25, 0.3) is 22.4 Å². The molecule has 0 amide bonds. The van der Waals surface area contributed by atoms with Crippen LogP contribution in [0, 0.1) is 0 Å². The highest BCUT2D eigenvalue weighted by Gasteiger charge is 2.14. The maximum absolute atomic E-state index is 5.82. The molecule has 0 unspecified atom stereocenters. The fraction of sp³-hybridized carbons (Fsp3) is 0.350. The molecular formula is C20H24N2O4. The van der Waals surface area contributed by atoms with Crippen molar-refractivity contribution in [1.29, 1.82) is 0 Å². The number of hydrogen-bond acceptors (Lipinski definition) is 5. The third kappa shape index (κ3) is 3.54. The van der Waals surface area contributed by atoms with E-state index in [1.165, 1.54) is 0 Å². The fourth-order valence-corrected chi connectivity index (χ4v) is 2.75. The minimum Gasteiger partial charge on any atom is -0.493 e. The third-order valence-corrected chi connectivity index (χ3v) is 3.87. The van der Waals surface area contributed by atoms with Gasteiger partial charge in [0.05, 0.1) is 38.0 Å². The number of nitrogens with one attached hydrogen (secondary N) is 1. The maximum atomic E-state index is 5.82. The Balaban J connectivity index is 2.03. The SMILES string of the molecule is CCOc1cc(-c2nc3cc(OC)c(OC)cc3[nH]2)ccc1OC(C)C. The average Bonchev–Trinajstić information content (AvgIpc) is 3.04. The number of aromatic amines is 1. The number of benzene rings is 2.